The quantitative estimate of drug-likeness (QED) is 0.849. The summed E-state index contributed by atoms with van der Waals surface area (Å²) >= 11 is 0. The molecule has 0 aromatic carbocycles. The Labute approximate surface area is 137 Å². The average Bonchev–Trinajstić information content (AvgIpc) is 3.31. The standard InChI is InChI=1S/C19H26N2O2/c22-18(20-14-17-12-15-3-4-16(17)11-15)13-19(5-9-23-10-6-19)21-7-1-2-8-21/h1-4,7-8,15-17H,5-6,9-14H2,(H,20,22)/t15-,16-,17-/m0/s1. The van der Waals surface area contributed by atoms with Crippen LogP contribution in [-0.2, 0) is 15.1 Å². The molecule has 1 amide bonds. The van der Waals surface area contributed by atoms with Gasteiger partial charge in [0.1, 0.15) is 0 Å². The van der Waals surface area contributed by atoms with Crippen LogP contribution in [0.3, 0.4) is 0 Å². The predicted molar refractivity (Wildman–Crippen MR) is 88.9 cm³/mol. The summed E-state index contributed by atoms with van der Waals surface area (Å²) in [7, 11) is 0. The van der Waals surface area contributed by atoms with Gasteiger partial charge < -0.3 is 14.6 Å². The first-order valence-electron chi connectivity index (χ1n) is 8.91. The largest absolute Gasteiger partial charge is 0.381 e. The predicted octanol–water partition coefficient (Wildman–Crippen LogP) is 2.71. The van der Waals surface area contributed by atoms with Crippen molar-refractivity contribution in [1.82, 2.24) is 9.88 Å². The average molecular weight is 314 g/mol. The minimum Gasteiger partial charge on any atom is -0.381 e. The van der Waals surface area contributed by atoms with Crippen molar-refractivity contribution in [2.24, 2.45) is 17.8 Å². The smallest absolute Gasteiger partial charge is 0.222 e. The Hall–Kier alpha value is -1.55. The number of rotatable bonds is 5. The highest BCUT2D eigenvalue weighted by Gasteiger charge is 2.38. The van der Waals surface area contributed by atoms with Gasteiger partial charge in [-0.3, -0.25) is 4.79 Å². The third kappa shape index (κ3) is 2.97. The van der Waals surface area contributed by atoms with Crippen molar-refractivity contribution >= 4 is 5.91 Å². The molecule has 1 aromatic heterocycles. The molecular formula is C19H26N2O2. The number of hydrogen-bond donors (Lipinski definition) is 1. The third-order valence-corrected chi connectivity index (χ3v) is 6.04. The number of ether oxygens (including phenoxy) is 1. The summed E-state index contributed by atoms with van der Waals surface area (Å²) in [5.74, 6) is 2.30. The molecule has 3 aliphatic rings. The van der Waals surface area contributed by atoms with Crippen LogP contribution in [0.15, 0.2) is 36.7 Å². The maximum absolute atomic E-state index is 12.6. The second-order valence-electron chi connectivity index (χ2n) is 7.45. The minimum atomic E-state index is -0.111. The van der Waals surface area contributed by atoms with E-state index in [1.807, 2.05) is 12.1 Å². The SMILES string of the molecule is O=C(CC1(n2cccc2)CCOCC1)NC[C@@H]1C[C@H]2C=C[C@H]1C2. The van der Waals surface area contributed by atoms with E-state index >= 15 is 0 Å². The topological polar surface area (TPSA) is 43.3 Å². The number of fused-ring (bicyclic) bond motifs is 2. The number of amides is 1. The zero-order valence-electron chi connectivity index (χ0n) is 13.6. The zero-order chi connectivity index (χ0) is 15.7. The Morgan fingerprint density at radius 3 is 2.61 bits per heavy atom. The van der Waals surface area contributed by atoms with E-state index in [0.717, 1.165) is 38.5 Å². The first-order chi connectivity index (χ1) is 11.3. The maximum Gasteiger partial charge on any atom is 0.222 e. The lowest BCUT2D eigenvalue weighted by Crippen LogP contribution is -2.44. The van der Waals surface area contributed by atoms with E-state index in [2.05, 4.69) is 34.4 Å². The van der Waals surface area contributed by atoms with Gasteiger partial charge in [-0.2, -0.15) is 0 Å². The molecule has 0 spiro atoms. The van der Waals surface area contributed by atoms with Crippen LogP contribution in [-0.4, -0.2) is 30.2 Å². The van der Waals surface area contributed by atoms with Crippen LogP contribution in [0.1, 0.15) is 32.1 Å². The van der Waals surface area contributed by atoms with Gasteiger partial charge in [0, 0.05) is 32.2 Å². The molecule has 3 atom stereocenters. The van der Waals surface area contributed by atoms with Crippen molar-refractivity contribution in [3.8, 4) is 0 Å². The molecule has 1 N–H and O–H groups in total. The van der Waals surface area contributed by atoms with Crippen molar-refractivity contribution in [1.29, 1.82) is 0 Å². The van der Waals surface area contributed by atoms with Gasteiger partial charge in [-0.1, -0.05) is 12.2 Å². The van der Waals surface area contributed by atoms with Gasteiger partial charge in [0.15, 0.2) is 0 Å². The molecule has 2 bridgehead atoms. The number of allylic oxidation sites excluding steroid dienone is 2. The Morgan fingerprint density at radius 1 is 1.17 bits per heavy atom. The molecule has 1 saturated heterocycles. The van der Waals surface area contributed by atoms with E-state index < -0.39 is 0 Å². The number of nitrogens with one attached hydrogen (secondary N) is 1. The van der Waals surface area contributed by atoms with Crippen molar-refractivity contribution in [3.05, 3.63) is 36.7 Å². The van der Waals surface area contributed by atoms with Gasteiger partial charge in [0.2, 0.25) is 5.91 Å². The van der Waals surface area contributed by atoms with Crippen LogP contribution < -0.4 is 5.32 Å². The number of carbonyl (C=O) groups excluding carboxylic acids is 1. The Kier molecular flexibility index (Phi) is 4.02. The number of carbonyl (C=O) groups is 1. The van der Waals surface area contributed by atoms with E-state index in [1.165, 1.54) is 12.8 Å². The second kappa shape index (κ2) is 6.16. The fraction of sp³-hybridized carbons (Fsp3) is 0.632. The number of aromatic nitrogens is 1. The lowest BCUT2D eigenvalue weighted by molar-refractivity contribution is -0.124. The molecular weight excluding hydrogens is 288 g/mol. The number of hydrogen-bond acceptors (Lipinski definition) is 2. The first-order valence-corrected chi connectivity index (χ1v) is 8.91. The minimum absolute atomic E-state index is 0.111. The summed E-state index contributed by atoms with van der Waals surface area (Å²) < 4.78 is 7.74. The van der Waals surface area contributed by atoms with Gasteiger partial charge >= 0.3 is 0 Å². The molecule has 1 saturated carbocycles. The molecule has 2 aliphatic carbocycles. The summed E-state index contributed by atoms with van der Waals surface area (Å²) in [5, 5.41) is 3.22. The Bertz CT molecular complexity index is 572. The van der Waals surface area contributed by atoms with E-state index in [0.29, 0.717) is 18.3 Å². The van der Waals surface area contributed by atoms with Crippen LogP contribution in [0.2, 0.25) is 0 Å². The molecule has 0 unspecified atom stereocenters. The highest BCUT2D eigenvalue weighted by Crippen LogP contribution is 2.43. The van der Waals surface area contributed by atoms with Crippen molar-refractivity contribution in [3.63, 3.8) is 0 Å². The van der Waals surface area contributed by atoms with E-state index in [-0.39, 0.29) is 11.4 Å². The summed E-state index contributed by atoms with van der Waals surface area (Å²) in [5.41, 5.74) is -0.111. The van der Waals surface area contributed by atoms with Crippen LogP contribution >= 0.6 is 0 Å². The van der Waals surface area contributed by atoms with Crippen LogP contribution in [0.4, 0.5) is 0 Å². The van der Waals surface area contributed by atoms with Crippen LogP contribution in [0.5, 0.6) is 0 Å². The molecule has 4 rings (SSSR count). The Morgan fingerprint density at radius 2 is 1.96 bits per heavy atom. The van der Waals surface area contributed by atoms with E-state index in [9.17, 15) is 4.79 Å². The third-order valence-electron chi connectivity index (χ3n) is 6.04. The molecule has 2 fully saturated rings. The molecule has 0 radical (unpaired) electrons. The van der Waals surface area contributed by atoms with Gasteiger partial charge in [-0.25, -0.2) is 0 Å². The lowest BCUT2D eigenvalue weighted by atomic mass is 9.85. The summed E-state index contributed by atoms with van der Waals surface area (Å²) in [6.45, 7) is 2.31. The molecule has 1 aliphatic heterocycles. The van der Waals surface area contributed by atoms with E-state index in [1.54, 1.807) is 0 Å². The molecule has 124 valence electrons. The van der Waals surface area contributed by atoms with E-state index in [4.69, 9.17) is 4.74 Å². The number of nitrogens with zero attached hydrogens (tertiary/aromatic N) is 1. The first kappa shape index (κ1) is 15.0. The van der Waals surface area contributed by atoms with Gasteiger partial charge in [-0.15, -0.1) is 0 Å². The highest BCUT2D eigenvalue weighted by molar-refractivity contribution is 5.77. The molecule has 1 aromatic rings. The summed E-state index contributed by atoms with van der Waals surface area (Å²) in [6.07, 6.45) is 13.8. The van der Waals surface area contributed by atoms with Gasteiger partial charge in [-0.05, 0) is 55.6 Å². The fourth-order valence-corrected chi connectivity index (χ4v) is 4.66. The van der Waals surface area contributed by atoms with Crippen LogP contribution in [0, 0.1) is 17.8 Å². The fourth-order valence-electron chi connectivity index (χ4n) is 4.66. The van der Waals surface area contributed by atoms with Gasteiger partial charge in [0.05, 0.1) is 12.0 Å². The molecule has 4 heteroatoms. The molecule has 2 heterocycles. The second-order valence-corrected chi connectivity index (χ2v) is 7.45. The van der Waals surface area contributed by atoms with Crippen molar-refractivity contribution < 1.29 is 9.53 Å². The maximum atomic E-state index is 12.6. The monoisotopic (exact) mass is 314 g/mol. The normalized spacial score (nSPS) is 31.4. The molecule has 4 nitrogen and oxygen atoms in total. The summed E-state index contributed by atoms with van der Waals surface area (Å²) in [4.78, 5) is 12.6. The van der Waals surface area contributed by atoms with Crippen molar-refractivity contribution in [2.45, 2.75) is 37.6 Å². The van der Waals surface area contributed by atoms with Crippen molar-refractivity contribution in [2.75, 3.05) is 19.8 Å². The zero-order valence-corrected chi connectivity index (χ0v) is 13.6. The highest BCUT2D eigenvalue weighted by atomic mass is 16.5. The van der Waals surface area contributed by atoms with Gasteiger partial charge in [0.25, 0.3) is 0 Å². The molecule has 23 heavy (non-hydrogen) atoms. The summed E-state index contributed by atoms with van der Waals surface area (Å²) in [6, 6.07) is 4.08. The van der Waals surface area contributed by atoms with Crippen LogP contribution in [0.25, 0.3) is 0 Å². The lowest BCUT2D eigenvalue weighted by Gasteiger charge is -2.38. The Balaban J connectivity index is 1.37.